The van der Waals surface area contributed by atoms with Crippen LogP contribution in [0.1, 0.15) is 52.3 Å². The van der Waals surface area contributed by atoms with Gasteiger partial charge in [-0.3, -0.25) is 0 Å². The molecular formula is C13H23N3OS. The van der Waals surface area contributed by atoms with Crippen molar-refractivity contribution in [2.45, 2.75) is 58.1 Å². The molecule has 18 heavy (non-hydrogen) atoms. The highest BCUT2D eigenvalue weighted by Crippen LogP contribution is 2.41. The summed E-state index contributed by atoms with van der Waals surface area (Å²) in [6.07, 6.45) is 4.54. The van der Waals surface area contributed by atoms with Crippen molar-refractivity contribution >= 4 is 16.7 Å². The molecule has 4 nitrogen and oxygen atoms in total. The van der Waals surface area contributed by atoms with E-state index in [2.05, 4.69) is 35.4 Å². The van der Waals surface area contributed by atoms with Crippen molar-refractivity contribution in [2.75, 3.05) is 12.4 Å². The molecule has 1 N–H and O–H groups in total. The Morgan fingerprint density at radius 2 is 2.28 bits per heavy atom. The van der Waals surface area contributed by atoms with Gasteiger partial charge in [0.15, 0.2) is 5.82 Å². The molecule has 0 aromatic carbocycles. The first kappa shape index (κ1) is 13.7. The molecule has 0 aliphatic heterocycles. The summed E-state index contributed by atoms with van der Waals surface area (Å²) >= 11 is 1.43. The first-order valence-corrected chi connectivity index (χ1v) is 7.49. The molecule has 102 valence electrons. The maximum atomic E-state index is 5.81. The standard InChI is InChI=1S/C13H23N3OS/c1-9(2)14-12-15-11(16-18-12)13(17-4)7-5-6-10(3)8-13/h9-10H,5-8H2,1-4H3,(H,14,15,16). The second-order valence-electron chi connectivity index (χ2n) is 5.62. The fourth-order valence-electron chi connectivity index (χ4n) is 2.70. The largest absolute Gasteiger partial charge is 0.370 e. The monoisotopic (exact) mass is 269 g/mol. The van der Waals surface area contributed by atoms with Crippen LogP contribution in [-0.4, -0.2) is 22.5 Å². The van der Waals surface area contributed by atoms with Gasteiger partial charge < -0.3 is 10.1 Å². The first-order valence-electron chi connectivity index (χ1n) is 6.71. The molecule has 1 aliphatic carbocycles. The number of hydrogen-bond acceptors (Lipinski definition) is 5. The Kier molecular flexibility index (Phi) is 4.22. The van der Waals surface area contributed by atoms with Crippen LogP contribution in [0.5, 0.6) is 0 Å². The Balaban J connectivity index is 2.19. The van der Waals surface area contributed by atoms with E-state index < -0.39 is 0 Å². The summed E-state index contributed by atoms with van der Waals surface area (Å²) in [5, 5.41) is 4.20. The average molecular weight is 269 g/mol. The van der Waals surface area contributed by atoms with Crippen molar-refractivity contribution < 1.29 is 4.74 Å². The van der Waals surface area contributed by atoms with Gasteiger partial charge in [0, 0.05) is 24.7 Å². The van der Waals surface area contributed by atoms with Gasteiger partial charge in [-0.2, -0.15) is 4.37 Å². The third kappa shape index (κ3) is 2.83. The van der Waals surface area contributed by atoms with Crippen LogP contribution >= 0.6 is 11.5 Å². The molecule has 1 aromatic heterocycles. The van der Waals surface area contributed by atoms with Crippen LogP contribution in [0.25, 0.3) is 0 Å². The van der Waals surface area contributed by atoms with Crippen molar-refractivity contribution in [3.05, 3.63) is 5.82 Å². The molecule has 0 bridgehead atoms. The van der Waals surface area contributed by atoms with Gasteiger partial charge in [0.25, 0.3) is 0 Å². The maximum Gasteiger partial charge on any atom is 0.202 e. The molecule has 0 radical (unpaired) electrons. The molecular weight excluding hydrogens is 246 g/mol. The van der Waals surface area contributed by atoms with E-state index in [-0.39, 0.29) is 5.60 Å². The first-order chi connectivity index (χ1) is 8.55. The Morgan fingerprint density at radius 1 is 1.50 bits per heavy atom. The van der Waals surface area contributed by atoms with Gasteiger partial charge in [-0.1, -0.05) is 13.3 Å². The van der Waals surface area contributed by atoms with Crippen molar-refractivity contribution in [2.24, 2.45) is 5.92 Å². The number of hydrogen-bond donors (Lipinski definition) is 1. The third-order valence-corrected chi connectivity index (χ3v) is 4.24. The normalized spacial score (nSPS) is 28.6. The van der Waals surface area contributed by atoms with Gasteiger partial charge in [0.2, 0.25) is 5.13 Å². The molecule has 2 rings (SSSR count). The molecule has 1 heterocycles. The molecule has 0 spiro atoms. The molecule has 1 aliphatic rings. The number of rotatable bonds is 4. The highest BCUT2D eigenvalue weighted by atomic mass is 32.1. The predicted octanol–water partition coefficient (Wildman–Crippen LogP) is 3.41. The quantitative estimate of drug-likeness (QED) is 0.910. The van der Waals surface area contributed by atoms with E-state index in [0.29, 0.717) is 12.0 Å². The van der Waals surface area contributed by atoms with E-state index in [4.69, 9.17) is 4.74 Å². The van der Waals surface area contributed by atoms with Crippen molar-refractivity contribution in [3.8, 4) is 0 Å². The van der Waals surface area contributed by atoms with Gasteiger partial charge in [0.1, 0.15) is 5.60 Å². The Labute approximate surface area is 113 Å². The summed E-state index contributed by atoms with van der Waals surface area (Å²) in [4.78, 5) is 4.62. The number of methoxy groups -OCH3 is 1. The summed E-state index contributed by atoms with van der Waals surface area (Å²) in [7, 11) is 1.79. The molecule has 2 atom stereocenters. The lowest BCUT2D eigenvalue weighted by Gasteiger charge is -2.36. The molecule has 0 saturated heterocycles. The number of ether oxygens (including phenoxy) is 1. The van der Waals surface area contributed by atoms with Crippen molar-refractivity contribution in [3.63, 3.8) is 0 Å². The topological polar surface area (TPSA) is 47.0 Å². The number of nitrogens with zero attached hydrogens (tertiary/aromatic N) is 2. The zero-order chi connectivity index (χ0) is 13.2. The van der Waals surface area contributed by atoms with Crippen molar-refractivity contribution in [1.29, 1.82) is 0 Å². The van der Waals surface area contributed by atoms with Crippen LogP contribution in [-0.2, 0) is 10.3 Å². The van der Waals surface area contributed by atoms with Gasteiger partial charge in [0.05, 0.1) is 0 Å². The summed E-state index contributed by atoms with van der Waals surface area (Å²) in [5.74, 6) is 1.55. The fourth-order valence-corrected chi connectivity index (χ4v) is 3.49. The van der Waals surface area contributed by atoms with Crippen LogP contribution in [0.15, 0.2) is 0 Å². The number of nitrogens with one attached hydrogen (secondary N) is 1. The smallest absolute Gasteiger partial charge is 0.202 e. The van der Waals surface area contributed by atoms with Crippen LogP contribution < -0.4 is 5.32 Å². The van der Waals surface area contributed by atoms with E-state index in [1.165, 1.54) is 24.4 Å². The minimum atomic E-state index is -0.259. The number of aromatic nitrogens is 2. The number of anilines is 1. The van der Waals surface area contributed by atoms with Crippen LogP contribution in [0, 0.1) is 5.92 Å². The average Bonchev–Trinajstić information content (AvgIpc) is 2.77. The summed E-state index contributed by atoms with van der Waals surface area (Å²) in [6.45, 7) is 6.50. The zero-order valence-electron chi connectivity index (χ0n) is 11.7. The van der Waals surface area contributed by atoms with Gasteiger partial charge in [-0.05, 0) is 39.0 Å². The Bertz CT molecular complexity index is 393. The zero-order valence-corrected chi connectivity index (χ0v) is 12.5. The van der Waals surface area contributed by atoms with Crippen LogP contribution in [0.3, 0.4) is 0 Å². The summed E-state index contributed by atoms with van der Waals surface area (Å²) in [5.41, 5.74) is -0.259. The van der Waals surface area contributed by atoms with E-state index in [1.54, 1.807) is 7.11 Å². The van der Waals surface area contributed by atoms with Gasteiger partial charge in [-0.25, -0.2) is 4.98 Å². The molecule has 5 heteroatoms. The second kappa shape index (κ2) is 5.53. The van der Waals surface area contributed by atoms with E-state index in [0.717, 1.165) is 23.8 Å². The van der Waals surface area contributed by atoms with Gasteiger partial charge in [-0.15, -0.1) is 0 Å². The van der Waals surface area contributed by atoms with E-state index >= 15 is 0 Å². The van der Waals surface area contributed by atoms with Crippen molar-refractivity contribution in [1.82, 2.24) is 9.36 Å². The Morgan fingerprint density at radius 3 is 2.89 bits per heavy atom. The highest BCUT2D eigenvalue weighted by Gasteiger charge is 2.40. The minimum absolute atomic E-state index is 0.259. The molecule has 1 saturated carbocycles. The minimum Gasteiger partial charge on any atom is -0.370 e. The lowest BCUT2D eigenvalue weighted by molar-refractivity contribution is -0.0637. The molecule has 1 aromatic rings. The lowest BCUT2D eigenvalue weighted by atomic mass is 9.78. The van der Waals surface area contributed by atoms with E-state index in [1.807, 2.05) is 0 Å². The van der Waals surface area contributed by atoms with Crippen LogP contribution in [0.4, 0.5) is 5.13 Å². The highest BCUT2D eigenvalue weighted by molar-refractivity contribution is 7.09. The Hall–Kier alpha value is -0.680. The second-order valence-corrected chi connectivity index (χ2v) is 6.37. The summed E-state index contributed by atoms with van der Waals surface area (Å²) < 4.78 is 10.3. The molecule has 0 amide bonds. The lowest BCUT2D eigenvalue weighted by Crippen LogP contribution is -2.35. The molecule has 1 fully saturated rings. The van der Waals surface area contributed by atoms with Gasteiger partial charge >= 0.3 is 0 Å². The maximum absolute atomic E-state index is 5.81. The predicted molar refractivity (Wildman–Crippen MR) is 75.0 cm³/mol. The summed E-state index contributed by atoms with van der Waals surface area (Å²) in [6, 6.07) is 0.384. The van der Waals surface area contributed by atoms with Crippen LogP contribution in [0.2, 0.25) is 0 Å². The van der Waals surface area contributed by atoms with E-state index in [9.17, 15) is 0 Å². The SMILES string of the molecule is COC1(c2nsc(NC(C)C)n2)CCCC(C)C1. The molecule has 2 unspecified atom stereocenters. The fraction of sp³-hybridized carbons (Fsp3) is 0.846. The third-order valence-electron chi connectivity index (χ3n) is 3.59.